The van der Waals surface area contributed by atoms with Crippen molar-refractivity contribution in [3.63, 3.8) is 0 Å². The quantitative estimate of drug-likeness (QED) is 0.880. The molecule has 0 aromatic heterocycles. The van der Waals surface area contributed by atoms with Crippen LogP contribution in [0.15, 0.2) is 60.7 Å². The molecule has 1 amide bonds. The van der Waals surface area contributed by atoms with Crippen molar-refractivity contribution in [2.75, 3.05) is 19.6 Å². The van der Waals surface area contributed by atoms with Gasteiger partial charge in [0, 0.05) is 19.0 Å². The molecule has 1 aliphatic heterocycles. The van der Waals surface area contributed by atoms with Crippen molar-refractivity contribution in [1.82, 2.24) is 4.90 Å². The van der Waals surface area contributed by atoms with Gasteiger partial charge in [0.1, 0.15) is 0 Å². The Morgan fingerprint density at radius 3 is 2.29 bits per heavy atom. The second-order valence-electron chi connectivity index (χ2n) is 6.55. The van der Waals surface area contributed by atoms with Crippen LogP contribution in [0, 0.1) is 5.92 Å². The first-order valence-corrected chi connectivity index (χ1v) is 8.52. The van der Waals surface area contributed by atoms with Crippen molar-refractivity contribution in [3.05, 3.63) is 71.8 Å². The van der Waals surface area contributed by atoms with Crippen molar-refractivity contribution in [3.8, 4) is 0 Å². The van der Waals surface area contributed by atoms with Crippen LogP contribution in [0.25, 0.3) is 0 Å². The van der Waals surface area contributed by atoms with Gasteiger partial charge >= 0.3 is 0 Å². The molecule has 0 radical (unpaired) electrons. The molecular formula is C20H25N3O. The molecule has 4 heteroatoms. The minimum atomic E-state index is -0.500. The normalized spacial score (nSPS) is 21.7. The highest BCUT2D eigenvalue weighted by atomic mass is 16.2. The predicted molar refractivity (Wildman–Crippen MR) is 96.4 cm³/mol. The fourth-order valence-corrected chi connectivity index (χ4v) is 3.56. The number of carbonyl (C=O) groups is 1. The standard InChI is InChI=1S/C20H25N3O/c21-12-17-13-23(14-18(17)16-9-5-2-6-10-16)20(24)19(22)11-15-7-3-1-4-8-15/h1-10,17-19H,11-14,21-22H2/t17-,18+,19?/m1/s1. The lowest BCUT2D eigenvalue weighted by molar-refractivity contribution is -0.131. The zero-order valence-electron chi connectivity index (χ0n) is 13.8. The van der Waals surface area contributed by atoms with Gasteiger partial charge in [0.25, 0.3) is 0 Å². The van der Waals surface area contributed by atoms with Gasteiger partial charge < -0.3 is 16.4 Å². The Hall–Kier alpha value is -2.17. The van der Waals surface area contributed by atoms with E-state index in [1.807, 2.05) is 53.4 Å². The number of carbonyl (C=O) groups excluding carboxylic acids is 1. The Balaban J connectivity index is 1.67. The van der Waals surface area contributed by atoms with Crippen LogP contribution in [0.3, 0.4) is 0 Å². The van der Waals surface area contributed by atoms with E-state index >= 15 is 0 Å². The minimum absolute atomic E-state index is 0.0238. The molecule has 2 aromatic rings. The van der Waals surface area contributed by atoms with Crippen molar-refractivity contribution in [2.24, 2.45) is 17.4 Å². The summed E-state index contributed by atoms with van der Waals surface area (Å²) < 4.78 is 0. The second kappa shape index (κ2) is 7.60. The smallest absolute Gasteiger partial charge is 0.239 e. The summed E-state index contributed by atoms with van der Waals surface area (Å²) in [5, 5.41) is 0. The third-order valence-corrected chi connectivity index (χ3v) is 4.90. The lowest BCUT2D eigenvalue weighted by Gasteiger charge is -2.21. The molecule has 0 spiro atoms. The number of likely N-dealkylation sites (tertiary alicyclic amines) is 1. The Morgan fingerprint density at radius 1 is 1.04 bits per heavy atom. The predicted octanol–water partition coefficient (Wildman–Crippen LogP) is 1.76. The molecule has 1 saturated heterocycles. The van der Waals surface area contributed by atoms with Crippen molar-refractivity contribution in [2.45, 2.75) is 18.4 Å². The molecule has 126 valence electrons. The fourth-order valence-electron chi connectivity index (χ4n) is 3.56. The van der Waals surface area contributed by atoms with E-state index in [1.165, 1.54) is 5.56 Å². The SMILES string of the molecule is NC[C@@H]1CN(C(=O)C(N)Cc2ccccc2)C[C@H]1c1ccccc1. The van der Waals surface area contributed by atoms with E-state index < -0.39 is 6.04 Å². The van der Waals surface area contributed by atoms with Gasteiger partial charge in [0.2, 0.25) is 5.91 Å². The molecule has 1 aliphatic rings. The van der Waals surface area contributed by atoms with Gasteiger partial charge in [0.05, 0.1) is 6.04 Å². The molecule has 4 nitrogen and oxygen atoms in total. The van der Waals surface area contributed by atoms with Gasteiger partial charge in [-0.1, -0.05) is 60.7 Å². The molecule has 0 bridgehead atoms. The molecule has 0 saturated carbocycles. The maximum absolute atomic E-state index is 12.7. The summed E-state index contributed by atoms with van der Waals surface area (Å²) in [5.74, 6) is 0.611. The number of nitrogens with two attached hydrogens (primary N) is 2. The number of rotatable bonds is 5. The van der Waals surface area contributed by atoms with E-state index in [1.54, 1.807) is 0 Å². The van der Waals surface area contributed by atoms with Crippen LogP contribution in [-0.4, -0.2) is 36.5 Å². The highest BCUT2D eigenvalue weighted by Gasteiger charge is 2.36. The van der Waals surface area contributed by atoms with E-state index in [0.29, 0.717) is 37.9 Å². The monoisotopic (exact) mass is 323 g/mol. The molecule has 24 heavy (non-hydrogen) atoms. The lowest BCUT2D eigenvalue weighted by atomic mass is 9.89. The van der Waals surface area contributed by atoms with E-state index in [4.69, 9.17) is 11.5 Å². The first-order valence-electron chi connectivity index (χ1n) is 8.52. The summed E-state index contributed by atoms with van der Waals surface area (Å²) in [6, 6.07) is 19.7. The van der Waals surface area contributed by atoms with Crippen LogP contribution in [0.1, 0.15) is 17.0 Å². The van der Waals surface area contributed by atoms with Crippen LogP contribution in [0.5, 0.6) is 0 Å². The number of amides is 1. The highest BCUT2D eigenvalue weighted by Crippen LogP contribution is 2.32. The minimum Gasteiger partial charge on any atom is -0.340 e. The van der Waals surface area contributed by atoms with Crippen molar-refractivity contribution in [1.29, 1.82) is 0 Å². The summed E-state index contributed by atoms with van der Waals surface area (Å²) >= 11 is 0. The van der Waals surface area contributed by atoms with Crippen molar-refractivity contribution < 1.29 is 4.79 Å². The van der Waals surface area contributed by atoms with Gasteiger partial charge in [-0.25, -0.2) is 0 Å². The third-order valence-electron chi connectivity index (χ3n) is 4.90. The van der Waals surface area contributed by atoms with Crippen LogP contribution in [0.2, 0.25) is 0 Å². The summed E-state index contributed by atoms with van der Waals surface area (Å²) in [5.41, 5.74) is 14.5. The van der Waals surface area contributed by atoms with Crippen LogP contribution in [0.4, 0.5) is 0 Å². The highest BCUT2D eigenvalue weighted by molar-refractivity contribution is 5.82. The third kappa shape index (κ3) is 3.66. The first kappa shape index (κ1) is 16.7. The van der Waals surface area contributed by atoms with Gasteiger partial charge in [-0.3, -0.25) is 4.79 Å². The molecule has 0 aliphatic carbocycles. The summed E-state index contributed by atoms with van der Waals surface area (Å²) in [6.45, 7) is 1.97. The molecule has 1 heterocycles. The number of hydrogen-bond donors (Lipinski definition) is 2. The van der Waals surface area contributed by atoms with E-state index in [-0.39, 0.29) is 5.91 Å². The Morgan fingerprint density at radius 2 is 1.67 bits per heavy atom. The van der Waals surface area contributed by atoms with Gasteiger partial charge in [-0.15, -0.1) is 0 Å². The maximum Gasteiger partial charge on any atom is 0.239 e. The largest absolute Gasteiger partial charge is 0.340 e. The molecule has 3 rings (SSSR count). The summed E-state index contributed by atoms with van der Waals surface area (Å²) in [6.07, 6.45) is 0.569. The molecular weight excluding hydrogens is 298 g/mol. The average molecular weight is 323 g/mol. The molecule has 1 unspecified atom stereocenters. The lowest BCUT2D eigenvalue weighted by Crippen LogP contribution is -2.44. The number of benzene rings is 2. The molecule has 4 N–H and O–H groups in total. The van der Waals surface area contributed by atoms with Gasteiger partial charge in [-0.05, 0) is 30.0 Å². The topological polar surface area (TPSA) is 72.3 Å². The van der Waals surface area contributed by atoms with E-state index in [0.717, 1.165) is 5.56 Å². The first-order chi connectivity index (χ1) is 11.7. The zero-order valence-corrected chi connectivity index (χ0v) is 13.8. The number of nitrogens with zero attached hydrogens (tertiary/aromatic N) is 1. The second-order valence-corrected chi connectivity index (χ2v) is 6.55. The maximum atomic E-state index is 12.7. The summed E-state index contributed by atoms with van der Waals surface area (Å²) in [4.78, 5) is 14.6. The average Bonchev–Trinajstić information content (AvgIpc) is 3.07. The molecule has 2 aromatic carbocycles. The fraction of sp³-hybridized carbons (Fsp3) is 0.350. The number of hydrogen-bond acceptors (Lipinski definition) is 3. The Bertz CT molecular complexity index is 659. The van der Waals surface area contributed by atoms with Crippen molar-refractivity contribution >= 4 is 5.91 Å². The molecule has 1 fully saturated rings. The van der Waals surface area contributed by atoms with Crippen LogP contribution < -0.4 is 11.5 Å². The van der Waals surface area contributed by atoms with E-state index in [9.17, 15) is 4.79 Å². The van der Waals surface area contributed by atoms with Crippen LogP contribution >= 0.6 is 0 Å². The zero-order chi connectivity index (χ0) is 16.9. The van der Waals surface area contributed by atoms with Crippen LogP contribution in [-0.2, 0) is 11.2 Å². The Labute approximate surface area is 143 Å². The summed E-state index contributed by atoms with van der Waals surface area (Å²) in [7, 11) is 0. The van der Waals surface area contributed by atoms with Gasteiger partial charge in [0.15, 0.2) is 0 Å². The van der Waals surface area contributed by atoms with E-state index in [2.05, 4.69) is 12.1 Å². The van der Waals surface area contributed by atoms with Gasteiger partial charge in [-0.2, -0.15) is 0 Å². The molecule has 3 atom stereocenters. The Kier molecular flexibility index (Phi) is 5.28.